The van der Waals surface area contributed by atoms with E-state index in [0.29, 0.717) is 5.13 Å². The molecule has 7 heteroatoms. The molecule has 3 rings (SSSR count). The van der Waals surface area contributed by atoms with Gasteiger partial charge in [-0.25, -0.2) is 19.1 Å². The van der Waals surface area contributed by atoms with Crippen molar-refractivity contribution in [2.75, 3.05) is 4.31 Å². The van der Waals surface area contributed by atoms with E-state index in [4.69, 9.17) is 0 Å². The Kier molecular flexibility index (Phi) is 2.77. The fourth-order valence-corrected chi connectivity index (χ4v) is 2.65. The highest BCUT2D eigenvalue weighted by Gasteiger charge is 2.17. The predicted octanol–water partition coefficient (Wildman–Crippen LogP) is 2.81. The monoisotopic (exact) mass is 276 g/mol. The first-order valence-electron chi connectivity index (χ1n) is 5.12. The summed E-state index contributed by atoms with van der Waals surface area (Å²) in [5, 5.41) is 0.540. The van der Waals surface area contributed by atoms with Gasteiger partial charge in [-0.1, -0.05) is 36.3 Å². The van der Waals surface area contributed by atoms with Crippen LogP contribution in [-0.2, 0) is 0 Å². The molecule has 0 aliphatic heterocycles. The van der Waals surface area contributed by atoms with Crippen LogP contribution in [0, 0.1) is 0 Å². The van der Waals surface area contributed by atoms with E-state index < -0.39 is 0 Å². The first kappa shape index (κ1) is 11.2. The van der Waals surface area contributed by atoms with Crippen LogP contribution in [0.25, 0.3) is 10.2 Å². The molecule has 1 aromatic carbocycles. The molecule has 0 aliphatic carbocycles. The van der Waals surface area contributed by atoms with Gasteiger partial charge in [-0.3, -0.25) is 4.57 Å². The SMILES string of the molecule is O=C(N(S)c1nc2ccccc2s1)n1ccnc1. The van der Waals surface area contributed by atoms with Crippen molar-refractivity contribution in [3.05, 3.63) is 43.0 Å². The number of imidazole rings is 1. The van der Waals surface area contributed by atoms with Gasteiger partial charge < -0.3 is 0 Å². The Morgan fingerprint density at radius 3 is 2.94 bits per heavy atom. The lowest BCUT2D eigenvalue weighted by Gasteiger charge is -2.11. The lowest BCUT2D eigenvalue weighted by molar-refractivity contribution is 0.251. The number of thiol groups is 1. The number of hydrogen-bond donors (Lipinski definition) is 1. The smallest absolute Gasteiger partial charge is 0.257 e. The van der Waals surface area contributed by atoms with Crippen LogP contribution in [-0.4, -0.2) is 20.6 Å². The zero-order valence-corrected chi connectivity index (χ0v) is 10.8. The summed E-state index contributed by atoms with van der Waals surface area (Å²) in [7, 11) is 0. The molecule has 2 heterocycles. The number of amides is 1. The van der Waals surface area contributed by atoms with Crippen molar-refractivity contribution in [2.45, 2.75) is 0 Å². The average molecular weight is 276 g/mol. The third-order valence-electron chi connectivity index (χ3n) is 2.37. The van der Waals surface area contributed by atoms with E-state index >= 15 is 0 Å². The number of nitrogens with zero attached hydrogens (tertiary/aromatic N) is 4. The van der Waals surface area contributed by atoms with Crippen molar-refractivity contribution in [1.29, 1.82) is 0 Å². The molecule has 5 nitrogen and oxygen atoms in total. The molecule has 0 bridgehead atoms. The van der Waals surface area contributed by atoms with Crippen LogP contribution in [0.3, 0.4) is 0 Å². The molecule has 0 saturated heterocycles. The minimum atomic E-state index is -0.310. The van der Waals surface area contributed by atoms with E-state index in [1.165, 1.54) is 32.7 Å². The lowest BCUT2D eigenvalue weighted by Crippen LogP contribution is -2.25. The van der Waals surface area contributed by atoms with Crippen LogP contribution in [0.15, 0.2) is 43.0 Å². The summed E-state index contributed by atoms with van der Waals surface area (Å²) in [4.78, 5) is 20.2. The minimum Gasteiger partial charge on any atom is -0.257 e. The van der Waals surface area contributed by atoms with Gasteiger partial charge in [-0.15, -0.1) is 0 Å². The quantitative estimate of drug-likeness (QED) is 0.695. The third-order valence-corrected chi connectivity index (χ3v) is 3.89. The summed E-state index contributed by atoms with van der Waals surface area (Å²) in [5.41, 5.74) is 0.856. The van der Waals surface area contributed by atoms with Gasteiger partial charge in [0.2, 0.25) is 5.13 Å². The number of benzene rings is 1. The van der Waals surface area contributed by atoms with E-state index in [1.54, 1.807) is 6.20 Å². The molecular weight excluding hydrogens is 268 g/mol. The van der Waals surface area contributed by atoms with Gasteiger partial charge in [-0.2, -0.15) is 0 Å². The maximum atomic E-state index is 12.0. The van der Waals surface area contributed by atoms with Crippen LogP contribution in [0.5, 0.6) is 0 Å². The highest BCUT2D eigenvalue weighted by atomic mass is 32.1. The molecule has 1 amide bonds. The van der Waals surface area contributed by atoms with Crippen molar-refractivity contribution in [3.8, 4) is 0 Å². The normalized spacial score (nSPS) is 10.7. The van der Waals surface area contributed by atoms with Gasteiger partial charge in [0.25, 0.3) is 0 Å². The van der Waals surface area contributed by atoms with Crippen LogP contribution >= 0.6 is 24.2 Å². The number of carbonyl (C=O) groups excluding carboxylic acids is 1. The zero-order chi connectivity index (χ0) is 12.5. The highest BCUT2D eigenvalue weighted by Crippen LogP contribution is 2.29. The van der Waals surface area contributed by atoms with Crippen LogP contribution in [0.2, 0.25) is 0 Å². The number of rotatable bonds is 1. The van der Waals surface area contributed by atoms with Gasteiger partial charge >= 0.3 is 6.03 Å². The van der Waals surface area contributed by atoms with E-state index in [0.717, 1.165) is 10.2 Å². The molecule has 0 N–H and O–H groups in total. The first-order valence-corrected chi connectivity index (χ1v) is 6.34. The number of thiazole rings is 1. The van der Waals surface area contributed by atoms with Crippen molar-refractivity contribution >= 4 is 45.5 Å². The van der Waals surface area contributed by atoms with Gasteiger partial charge in [0.1, 0.15) is 6.33 Å². The topological polar surface area (TPSA) is 51.0 Å². The Bertz CT molecular complexity index is 659. The molecule has 0 fully saturated rings. The Balaban J connectivity index is 1.96. The number of carbonyl (C=O) groups is 1. The van der Waals surface area contributed by atoms with E-state index in [1.807, 2.05) is 24.3 Å². The summed E-state index contributed by atoms with van der Waals surface area (Å²) >= 11 is 5.61. The van der Waals surface area contributed by atoms with E-state index in [2.05, 4.69) is 22.8 Å². The molecule has 0 unspecified atom stereocenters. The Morgan fingerprint density at radius 1 is 1.39 bits per heavy atom. The van der Waals surface area contributed by atoms with Gasteiger partial charge in [0.15, 0.2) is 0 Å². The lowest BCUT2D eigenvalue weighted by atomic mass is 10.3. The maximum Gasteiger partial charge on any atom is 0.345 e. The molecule has 0 spiro atoms. The maximum absolute atomic E-state index is 12.0. The second kappa shape index (κ2) is 4.43. The molecule has 2 aromatic heterocycles. The standard InChI is InChI=1S/C11H8N4OS2/c16-11(14-6-5-12-7-14)15(17)10-13-8-3-1-2-4-9(8)18-10/h1-7,17H. The van der Waals surface area contributed by atoms with Crippen molar-refractivity contribution in [3.63, 3.8) is 0 Å². The van der Waals surface area contributed by atoms with Gasteiger partial charge in [-0.05, 0) is 12.1 Å². The zero-order valence-electron chi connectivity index (χ0n) is 9.09. The third kappa shape index (κ3) is 1.87. The molecule has 0 aliphatic rings. The molecule has 18 heavy (non-hydrogen) atoms. The number of para-hydroxylation sites is 1. The number of aromatic nitrogens is 3. The second-order valence-electron chi connectivity index (χ2n) is 3.53. The summed E-state index contributed by atoms with van der Waals surface area (Å²) in [6, 6.07) is 7.39. The van der Waals surface area contributed by atoms with Crippen molar-refractivity contribution in [2.24, 2.45) is 0 Å². The van der Waals surface area contributed by atoms with Crippen molar-refractivity contribution < 1.29 is 4.79 Å². The number of hydrogen-bond acceptors (Lipinski definition) is 5. The Labute approximate surface area is 112 Å². The predicted molar refractivity (Wildman–Crippen MR) is 74.1 cm³/mol. The van der Waals surface area contributed by atoms with Gasteiger partial charge in [0.05, 0.1) is 10.2 Å². The Hall–Kier alpha value is -1.86. The fraction of sp³-hybridized carbons (Fsp3) is 0. The molecule has 0 radical (unpaired) electrons. The van der Waals surface area contributed by atoms with Crippen LogP contribution < -0.4 is 4.31 Å². The summed E-state index contributed by atoms with van der Waals surface area (Å²) in [6.07, 6.45) is 4.54. The number of fused-ring (bicyclic) bond motifs is 1. The molecule has 0 atom stereocenters. The van der Waals surface area contributed by atoms with Gasteiger partial charge in [0, 0.05) is 12.4 Å². The minimum absolute atomic E-state index is 0.310. The molecule has 90 valence electrons. The molecular formula is C11H8N4OS2. The van der Waals surface area contributed by atoms with E-state index in [-0.39, 0.29) is 6.03 Å². The first-order chi connectivity index (χ1) is 8.75. The van der Waals surface area contributed by atoms with E-state index in [9.17, 15) is 4.79 Å². The highest BCUT2D eigenvalue weighted by molar-refractivity contribution is 7.83. The average Bonchev–Trinajstić information content (AvgIpc) is 3.05. The molecule has 0 saturated carbocycles. The molecule has 3 aromatic rings. The summed E-state index contributed by atoms with van der Waals surface area (Å²) in [6.45, 7) is 0. The summed E-state index contributed by atoms with van der Waals surface area (Å²) in [5.74, 6) is 0. The fourth-order valence-electron chi connectivity index (χ4n) is 1.51. The second-order valence-corrected chi connectivity index (χ2v) is 4.94. The summed E-state index contributed by atoms with van der Waals surface area (Å²) < 4.78 is 3.58. The number of anilines is 1. The van der Waals surface area contributed by atoms with Crippen LogP contribution in [0.1, 0.15) is 0 Å². The van der Waals surface area contributed by atoms with Crippen LogP contribution in [0.4, 0.5) is 9.93 Å². The van der Waals surface area contributed by atoms with Crippen molar-refractivity contribution in [1.82, 2.24) is 14.5 Å². The largest absolute Gasteiger partial charge is 0.345 e. The Morgan fingerprint density at radius 2 is 2.22 bits per heavy atom.